The fourth-order valence-corrected chi connectivity index (χ4v) is 2.40. The van der Waals surface area contributed by atoms with Crippen LogP contribution < -0.4 is 4.90 Å². The Morgan fingerprint density at radius 1 is 1.24 bits per heavy atom. The lowest BCUT2D eigenvalue weighted by Crippen LogP contribution is -2.49. The van der Waals surface area contributed by atoms with Crippen LogP contribution in [-0.2, 0) is 0 Å². The number of carbonyl (C=O) groups is 1. The van der Waals surface area contributed by atoms with Gasteiger partial charge in [-0.25, -0.2) is 4.98 Å². The van der Waals surface area contributed by atoms with Crippen molar-refractivity contribution in [2.24, 2.45) is 0 Å². The highest BCUT2D eigenvalue weighted by molar-refractivity contribution is 5.92. The van der Waals surface area contributed by atoms with Crippen LogP contribution in [-0.4, -0.2) is 52.2 Å². The van der Waals surface area contributed by atoms with Gasteiger partial charge in [0.1, 0.15) is 17.6 Å². The molecule has 0 saturated carbocycles. The van der Waals surface area contributed by atoms with Crippen LogP contribution in [0.25, 0.3) is 0 Å². The van der Waals surface area contributed by atoms with Crippen LogP contribution in [0.3, 0.4) is 0 Å². The summed E-state index contributed by atoms with van der Waals surface area (Å²) >= 11 is 0. The van der Waals surface area contributed by atoms with Crippen LogP contribution in [0.5, 0.6) is 0 Å². The van der Waals surface area contributed by atoms with Crippen molar-refractivity contribution >= 4 is 11.7 Å². The van der Waals surface area contributed by atoms with Crippen molar-refractivity contribution in [1.29, 1.82) is 5.26 Å². The van der Waals surface area contributed by atoms with Gasteiger partial charge >= 0.3 is 0 Å². The smallest absolute Gasteiger partial charge is 0.271 e. The summed E-state index contributed by atoms with van der Waals surface area (Å²) in [7, 11) is 0. The zero-order valence-electron chi connectivity index (χ0n) is 11.4. The van der Waals surface area contributed by atoms with Gasteiger partial charge in [-0.3, -0.25) is 9.89 Å². The number of aromatic amines is 1. The second kappa shape index (κ2) is 5.63. The van der Waals surface area contributed by atoms with E-state index in [0.29, 0.717) is 43.3 Å². The zero-order chi connectivity index (χ0) is 14.7. The number of nitriles is 1. The average molecular weight is 282 g/mol. The molecule has 1 amide bonds. The Labute approximate surface area is 121 Å². The van der Waals surface area contributed by atoms with Crippen LogP contribution in [0.2, 0.25) is 0 Å². The van der Waals surface area contributed by atoms with Crippen LogP contribution in [0.15, 0.2) is 30.6 Å². The summed E-state index contributed by atoms with van der Waals surface area (Å²) in [4.78, 5) is 20.3. The number of H-pyrrole nitrogens is 1. The summed E-state index contributed by atoms with van der Waals surface area (Å²) in [6.45, 7) is 2.51. The van der Waals surface area contributed by atoms with Crippen molar-refractivity contribution in [1.82, 2.24) is 20.1 Å². The highest BCUT2D eigenvalue weighted by Crippen LogP contribution is 2.18. The average Bonchev–Trinajstić information content (AvgIpc) is 3.09. The van der Waals surface area contributed by atoms with Crippen molar-refractivity contribution in [2.45, 2.75) is 0 Å². The van der Waals surface area contributed by atoms with Crippen molar-refractivity contribution < 1.29 is 4.79 Å². The van der Waals surface area contributed by atoms with Crippen LogP contribution in [0.1, 0.15) is 16.1 Å². The van der Waals surface area contributed by atoms with Crippen LogP contribution >= 0.6 is 0 Å². The van der Waals surface area contributed by atoms with Gasteiger partial charge in [0, 0.05) is 38.6 Å². The number of amides is 1. The lowest BCUT2D eigenvalue weighted by Gasteiger charge is -2.35. The maximum atomic E-state index is 12.2. The third kappa shape index (κ3) is 2.56. The molecule has 2 aromatic heterocycles. The van der Waals surface area contributed by atoms with E-state index in [0.717, 1.165) is 0 Å². The lowest BCUT2D eigenvalue weighted by atomic mass is 10.2. The molecule has 0 bridgehead atoms. The van der Waals surface area contributed by atoms with E-state index in [1.165, 1.54) is 0 Å². The standard InChI is InChI=1S/C14H14N6O/c15-10-11-2-1-4-16-13(11)19-6-8-20(9-7-19)14(21)12-3-5-17-18-12/h1-5H,6-9H2,(H,17,18). The molecule has 0 radical (unpaired) electrons. The number of nitrogens with one attached hydrogen (secondary N) is 1. The first kappa shape index (κ1) is 13.1. The lowest BCUT2D eigenvalue weighted by molar-refractivity contribution is 0.0740. The third-order valence-corrected chi connectivity index (χ3v) is 3.50. The summed E-state index contributed by atoms with van der Waals surface area (Å²) < 4.78 is 0. The Hall–Kier alpha value is -2.88. The van der Waals surface area contributed by atoms with E-state index in [9.17, 15) is 4.79 Å². The fraction of sp³-hybridized carbons (Fsp3) is 0.286. The molecule has 2 aromatic rings. The summed E-state index contributed by atoms with van der Waals surface area (Å²) in [5.41, 5.74) is 1.06. The number of aromatic nitrogens is 3. The first-order chi connectivity index (χ1) is 10.3. The molecule has 3 rings (SSSR count). The molecule has 106 valence electrons. The van der Waals surface area contributed by atoms with Crippen molar-refractivity contribution in [3.63, 3.8) is 0 Å². The highest BCUT2D eigenvalue weighted by atomic mass is 16.2. The number of piperazine rings is 1. The van der Waals surface area contributed by atoms with E-state index in [2.05, 4.69) is 21.3 Å². The molecule has 1 N–H and O–H groups in total. The summed E-state index contributed by atoms with van der Waals surface area (Å²) in [6.07, 6.45) is 3.24. The van der Waals surface area contributed by atoms with E-state index in [4.69, 9.17) is 5.26 Å². The van der Waals surface area contributed by atoms with E-state index in [-0.39, 0.29) is 5.91 Å². The predicted octanol–water partition coefficient (Wildman–Crippen LogP) is 0.639. The van der Waals surface area contributed by atoms with Gasteiger partial charge in [-0.05, 0) is 18.2 Å². The van der Waals surface area contributed by atoms with Crippen molar-refractivity contribution in [3.8, 4) is 6.07 Å². The number of pyridine rings is 1. The minimum atomic E-state index is -0.0475. The molecule has 1 saturated heterocycles. The predicted molar refractivity (Wildman–Crippen MR) is 75.7 cm³/mol. The van der Waals surface area contributed by atoms with E-state index < -0.39 is 0 Å². The molecule has 3 heterocycles. The molecule has 0 aromatic carbocycles. The monoisotopic (exact) mass is 282 g/mol. The molecule has 21 heavy (non-hydrogen) atoms. The summed E-state index contributed by atoms with van der Waals surface area (Å²) in [6, 6.07) is 7.32. The number of nitrogens with zero attached hydrogens (tertiary/aromatic N) is 5. The maximum Gasteiger partial charge on any atom is 0.271 e. The molecule has 1 aliphatic rings. The number of rotatable bonds is 2. The molecule has 0 unspecified atom stereocenters. The van der Waals surface area contributed by atoms with Gasteiger partial charge in [0.15, 0.2) is 0 Å². The van der Waals surface area contributed by atoms with E-state index >= 15 is 0 Å². The zero-order valence-corrected chi connectivity index (χ0v) is 11.4. The first-order valence-electron chi connectivity index (χ1n) is 6.68. The molecule has 0 aliphatic carbocycles. The van der Waals surface area contributed by atoms with Crippen molar-refractivity contribution in [3.05, 3.63) is 41.9 Å². The molecule has 7 heteroatoms. The Balaban J connectivity index is 1.68. The van der Waals surface area contributed by atoms with Crippen LogP contribution in [0.4, 0.5) is 5.82 Å². The third-order valence-electron chi connectivity index (χ3n) is 3.50. The molecular formula is C14H14N6O. The van der Waals surface area contributed by atoms with Gasteiger partial charge in [-0.15, -0.1) is 0 Å². The number of hydrogen-bond acceptors (Lipinski definition) is 5. The fourth-order valence-electron chi connectivity index (χ4n) is 2.40. The Morgan fingerprint density at radius 2 is 2.05 bits per heavy atom. The second-order valence-electron chi connectivity index (χ2n) is 4.74. The van der Waals surface area contributed by atoms with Gasteiger partial charge in [0.25, 0.3) is 5.91 Å². The number of carbonyl (C=O) groups excluding carboxylic acids is 1. The largest absolute Gasteiger partial charge is 0.352 e. The Kier molecular flexibility index (Phi) is 3.51. The molecule has 1 aliphatic heterocycles. The second-order valence-corrected chi connectivity index (χ2v) is 4.74. The number of anilines is 1. The normalized spacial score (nSPS) is 14.8. The molecule has 7 nitrogen and oxygen atoms in total. The highest BCUT2D eigenvalue weighted by Gasteiger charge is 2.24. The van der Waals surface area contributed by atoms with Gasteiger partial charge in [0.05, 0.1) is 5.56 Å². The molecular weight excluding hydrogens is 268 g/mol. The van der Waals surface area contributed by atoms with E-state index in [1.807, 2.05) is 4.90 Å². The topological polar surface area (TPSA) is 88.9 Å². The van der Waals surface area contributed by atoms with Crippen molar-refractivity contribution in [2.75, 3.05) is 31.1 Å². The molecule has 0 atom stereocenters. The molecule has 0 spiro atoms. The SMILES string of the molecule is N#Cc1cccnc1N1CCN(C(=O)c2ccn[nH]2)CC1. The Bertz CT molecular complexity index is 667. The molecule has 1 fully saturated rings. The summed E-state index contributed by atoms with van der Waals surface area (Å²) in [5, 5.41) is 15.6. The van der Waals surface area contributed by atoms with E-state index in [1.54, 1.807) is 35.5 Å². The van der Waals surface area contributed by atoms with Gasteiger partial charge in [0.2, 0.25) is 0 Å². The number of hydrogen-bond donors (Lipinski definition) is 1. The summed E-state index contributed by atoms with van der Waals surface area (Å²) in [5.74, 6) is 0.641. The van der Waals surface area contributed by atoms with Crippen LogP contribution in [0, 0.1) is 11.3 Å². The minimum Gasteiger partial charge on any atom is -0.352 e. The van der Waals surface area contributed by atoms with Gasteiger partial charge in [-0.2, -0.15) is 10.4 Å². The quantitative estimate of drug-likeness (QED) is 0.873. The minimum absolute atomic E-state index is 0.0475. The van der Waals surface area contributed by atoms with Gasteiger partial charge in [-0.1, -0.05) is 0 Å². The first-order valence-corrected chi connectivity index (χ1v) is 6.68. The van der Waals surface area contributed by atoms with Gasteiger partial charge < -0.3 is 9.80 Å². The Morgan fingerprint density at radius 3 is 2.71 bits per heavy atom. The maximum absolute atomic E-state index is 12.2.